The molecule has 6 nitrogen and oxygen atoms in total. The number of aromatic nitrogens is 4. The van der Waals surface area contributed by atoms with E-state index in [1.807, 2.05) is 72.2 Å². The van der Waals surface area contributed by atoms with Crippen molar-refractivity contribution >= 4 is 29.0 Å². The Hall–Kier alpha value is -3.32. The monoisotopic (exact) mass is 403 g/mol. The summed E-state index contributed by atoms with van der Waals surface area (Å²) in [7, 11) is 0. The molecule has 0 saturated heterocycles. The van der Waals surface area contributed by atoms with E-state index in [2.05, 4.69) is 15.5 Å². The summed E-state index contributed by atoms with van der Waals surface area (Å²) < 4.78 is 2.53. The molecule has 0 radical (unpaired) electrons. The van der Waals surface area contributed by atoms with Crippen LogP contribution in [0.3, 0.4) is 0 Å². The van der Waals surface area contributed by atoms with E-state index in [-0.39, 0.29) is 5.91 Å². The maximum absolute atomic E-state index is 13.0. The largest absolute Gasteiger partial charge is 0.352 e. The number of hydrogen-bond donors (Lipinski definition) is 2. The minimum atomic E-state index is -0.127. The van der Waals surface area contributed by atoms with Crippen LogP contribution in [0.25, 0.3) is 22.2 Å². The molecule has 2 heterocycles. The molecule has 0 atom stereocenters. The normalized spacial score (nSPS) is 10.9. The number of nitrogens with one attached hydrogen (secondary N) is 2. The average Bonchev–Trinajstić information content (AvgIpc) is 3.12. The van der Waals surface area contributed by atoms with Gasteiger partial charge in [-0.1, -0.05) is 48.5 Å². The molecular formula is C22H21N5OS. The van der Waals surface area contributed by atoms with Crippen LogP contribution in [0, 0.1) is 4.77 Å². The standard InChI is InChI=1S/C22H21N5OS/c1-2-27-20(25-26-22(27)29)12-13-23-21(28)17-14-19(15-8-4-3-5-9-15)24-18-11-7-6-10-16(17)18/h3-11,14H,2,12-13H2,1H3,(H,23,28)(H,26,29). The second kappa shape index (κ2) is 8.36. The third-order valence-corrected chi connectivity index (χ3v) is 5.13. The van der Waals surface area contributed by atoms with Crippen LogP contribution >= 0.6 is 12.2 Å². The summed E-state index contributed by atoms with van der Waals surface area (Å²) in [5, 5.41) is 10.9. The minimum Gasteiger partial charge on any atom is -0.352 e. The van der Waals surface area contributed by atoms with E-state index in [0.29, 0.717) is 23.3 Å². The van der Waals surface area contributed by atoms with Crippen LogP contribution in [-0.2, 0) is 13.0 Å². The molecule has 4 aromatic rings. The van der Waals surface area contributed by atoms with Crippen molar-refractivity contribution in [2.75, 3.05) is 6.54 Å². The first-order valence-electron chi connectivity index (χ1n) is 9.55. The second-order valence-electron chi connectivity index (χ2n) is 6.63. The first-order valence-corrected chi connectivity index (χ1v) is 9.95. The first-order chi connectivity index (χ1) is 14.2. The molecule has 0 unspecified atom stereocenters. The topological polar surface area (TPSA) is 75.6 Å². The molecule has 0 aliphatic rings. The number of fused-ring (bicyclic) bond motifs is 1. The lowest BCUT2D eigenvalue weighted by Crippen LogP contribution is -2.27. The van der Waals surface area contributed by atoms with E-state index >= 15 is 0 Å². The van der Waals surface area contributed by atoms with Gasteiger partial charge in [0.1, 0.15) is 5.82 Å². The molecule has 7 heteroatoms. The predicted molar refractivity (Wildman–Crippen MR) is 116 cm³/mol. The number of pyridine rings is 1. The number of benzene rings is 2. The molecule has 0 bridgehead atoms. The number of hydrogen-bond acceptors (Lipinski definition) is 4. The van der Waals surface area contributed by atoms with Crippen molar-refractivity contribution in [3.05, 3.63) is 76.8 Å². The fourth-order valence-corrected chi connectivity index (χ4v) is 3.65. The smallest absolute Gasteiger partial charge is 0.252 e. The number of amides is 1. The highest BCUT2D eigenvalue weighted by Crippen LogP contribution is 2.24. The summed E-state index contributed by atoms with van der Waals surface area (Å²) in [4.78, 5) is 17.7. The quantitative estimate of drug-likeness (QED) is 0.474. The molecule has 0 saturated carbocycles. The van der Waals surface area contributed by atoms with Crippen molar-refractivity contribution in [2.45, 2.75) is 19.9 Å². The molecule has 0 aliphatic heterocycles. The first kappa shape index (κ1) is 19.0. The summed E-state index contributed by atoms with van der Waals surface area (Å²) >= 11 is 5.21. The van der Waals surface area contributed by atoms with Gasteiger partial charge in [0.25, 0.3) is 5.91 Å². The summed E-state index contributed by atoms with van der Waals surface area (Å²) in [6.45, 7) is 3.23. The zero-order chi connectivity index (χ0) is 20.2. The molecule has 29 heavy (non-hydrogen) atoms. The number of H-pyrrole nitrogens is 1. The predicted octanol–water partition coefficient (Wildman–Crippen LogP) is 4.15. The molecule has 2 N–H and O–H groups in total. The van der Waals surface area contributed by atoms with Crippen LogP contribution in [0.15, 0.2) is 60.7 Å². The highest BCUT2D eigenvalue weighted by atomic mass is 32.1. The summed E-state index contributed by atoms with van der Waals surface area (Å²) in [5.74, 6) is 0.709. The summed E-state index contributed by atoms with van der Waals surface area (Å²) in [6, 6.07) is 19.4. The maximum atomic E-state index is 13.0. The number of rotatable bonds is 6. The summed E-state index contributed by atoms with van der Waals surface area (Å²) in [5.41, 5.74) is 3.17. The number of carbonyl (C=O) groups excluding carboxylic acids is 1. The van der Waals surface area contributed by atoms with Crippen molar-refractivity contribution in [3.63, 3.8) is 0 Å². The fraction of sp³-hybridized carbons (Fsp3) is 0.182. The Morgan fingerprint density at radius 3 is 2.69 bits per heavy atom. The van der Waals surface area contributed by atoms with Crippen LogP contribution in [-0.4, -0.2) is 32.2 Å². The van der Waals surface area contributed by atoms with Crippen LogP contribution in [0.4, 0.5) is 0 Å². The van der Waals surface area contributed by atoms with Crippen LogP contribution in [0.5, 0.6) is 0 Å². The van der Waals surface area contributed by atoms with E-state index in [0.717, 1.165) is 34.5 Å². The van der Waals surface area contributed by atoms with Crippen molar-refractivity contribution in [1.29, 1.82) is 0 Å². The fourth-order valence-electron chi connectivity index (χ4n) is 3.37. The van der Waals surface area contributed by atoms with Gasteiger partial charge in [-0.25, -0.2) is 4.98 Å². The van der Waals surface area contributed by atoms with Crippen LogP contribution in [0.1, 0.15) is 23.1 Å². The Morgan fingerprint density at radius 2 is 1.90 bits per heavy atom. The third-order valence-electron chi connectivity index (χ3n) is 4.82. The van der Waals surface area contributed by atoms with Crippen LogP contribution in [0.2, 0.25) is 0 Å². The van der Waals surface area contributed by atoms with Gasteiger partial charge < -0.3 is 9.88 Å². The molecule has 2 aromatic heterocycles. The van der Waals surface area contributed by atoms with Crippen molar-refractivity contribution in [3.8, 4) is 11.3 Å². The summed E-state index contributed by atoms with van der Waals surface area (Å²) in [6.07, 6.45) is 0.598. The lowest BCUT2D eigenvalue weighted by atomic mass is 10.0. The van der Waals surface area contributed by atoms with Gasteiger partial charge in [0, 0.05) is 30.5 Å². The van der Waals surface area contributed by atoms with E-state index in [1.54, 1.807) is 0 Å². The minimum absolute atomic E-state index is 0.127. The van der Waals surface area contributed by atoms with Gasteiger partial charge in [-0.3, -0.25) is 9.89 Å². The lowest BCUT2D eigenvalue weighted by Gasteiger charge is -2.11. The Kier molecular flexibility index (Phi) is 5.48. The Morgan fingerprint density at radius 1 is 1.14 bits per heavy atom. The van der Waals surface area contributed by atoms with E-state index in [1.165, 1.54) is 0 Å². The molecule has 0 spiro atoms. The SMILES string of the molecule is CCn1c(CCNC(=O)c2cc(-c3ccccc3)nc3ccccc23)n[nH]c1=S. The van der Waals surface area contributed by atoms with Gasteiger partial charge in [-0.2, -0.15) is 5.10 Å². The second-order valence-corrected chi connectivity index (χ2v) is 7.02. The number of para-hydroxylation sites is 1. The highest BCUT2D eigenvalue weighted by molar-refractivity contribution is 7.71. The Balaban J connectivity index is 1.60. The molecule has 1 amide bonds. The molecule has 0 aliphatic carbocycles. The van der Waals surface area contributed by atoms with Crippen molar-refractivity contribution < 1.29 is 4.79 Å². The Labute approximate surface area is 173 Å². The van der Waals surface area contributed by atoms with Gasteiger partial charge in [-0.05, 0) is 31.3 Å². The van der Waals surface area contributed by atoms with Gasteiger partial charge in [0.05, 0.1) is 16.8 Å². The highest BCUT2D eigenvalue weighted by Gasteiger charge is 2.14. The van der Waals surface area contributed by atoms with Crippen LogP contribution < -0.4 is 5.32 Å². The van der Waals surface area contributed by atoms with Gasteiger partial charge in [0.15, 0.2) is 4.77 Å². The molecule has 4 rings (SSSR count). The van der Waals surface area contributed by atoms with E-state index < -0.39 is 0 Å². The van der Waals surface area contributed by atoms with Crippen molar-refractivity contribution in [1.82, 2.24) is 25.1 Å². The van der Waals surface area contributed by atoms with Gasteiger partial charge in [-0.15, -0.1) is 0 Å². The third kappa shape index (κ3) is 3.95. The van der Waals surface area contributed by atoms with E-state index in [4.69, 9.17) is 17.2 Å². The molecule has 0 fully saturated rings. The van der Waals surface area contributed by atoms with E-state index in [9.17, 15) is 4.79 Å². The Bertz CT molecular complexity index is 1210. The van der Waals surface area contributed by atoms with Gasteiger partial charge >= 0.3 is 0 Å². The molecule has 146 valence electrons. The maximum Gasteiger partial charge on any atom is 0.252 e. The molecule has 2 aromatic carbocycles. The molecular weight excluding hydrogens is 382 g/mol. The number of carbonyl (C=O) groups is 1. The zero-order valence-corrected chi connectivity index (χ0v) is 16.9. The van der Waals surface area contributed by atoms with Gasteiger partial charge in [0.2, 0.25) is 0 Å². The zero-order valence-electron chi connectivity index (χ0n) is 16.1. The average molecular weight is 404 g/mol. The number of nitrogens with zero attached hydrogens (tertiary/aromatic N) is 3. The number of aromatic amines is 1. The van der Waals surface area contributed by atoms with Crippen molar-refractivity contribution in [2.24, 2.45) is 0 Å². The lowest BCUT2D eigenvalue weighted by molar-refractivity contribution is 0.0955.